The molecule has 0 radical (unpaired) electrons. The second kappa shape index (κ2) is 68.4. The quantitative estimate of drug-likeness (QED) is 0.0261. The molecule has 0 rings (SSSR count). The van der Waals surface area contributed by atoms with Crippen LogP contribution in [0.3, 0.4) is 0 Å². The Morgan fingerprint density at radius 2 is 0.418 bits per heavy atom. The fourth-order valence-corrected chi connectivity index (χ4v) is 11.0. The number of carbonyl (C=O) groups excluding carboxylic acids is 3. The Balaban J connectivity index is 4.23. The first-order chi connectivity index (χ1) is 39.0. The zero-order chi connectivity index (χ0) is 57.1. The van der Waals surface area contributed by atoms with Crippen molar-refractivity contribution in [3.63, 3.8) is 0 Å². The van der Waals surface area contributed by atoms with E-state index in [0.29, 0.717) is 19.3 Å². The number of allylic oxidation sites excluding steroid dienone is 4. The van der Waals surface area contributed by atoms with Crippen LogP contribution >= 0.6 is 0 Å². The molecule has 0 aromatic heterocycles. The smallest absolute Gasteiger partial charge is 0.306 e. The van der Waals surface area contributed by atoms with Crippen molar-refractivity contribution in [2.45, 2.75) is 412 Å². The molecule has 0 aromatic carbocycles. The summed E-state index contributed by atoms with van der Waals surface area (Å²) in [6.45, 7) is 6.72. The third-order valence-corrected chi connectivity index (χ3v) is 16.4. The Morgan fingerprint density at radius 3 is 0.633 bits per heavy atom. The van der Waals surface area contributed by atoms with Crippen LogP contribution in [0.5, 0.6) is 0 Å². The predicted molar refractivity (Wildman–Crippen MR) is 344 cm³/mol. The minimum absolute atomic E-state index is 0.0667. The summed E-state index contributed by atoms with van der Waals surface area (Å²) in [4.78, 5) is 38.4. The lowest BCUT2D eigenvalue weighted by molar-refractivity contribution is -0.167. The van der Waals surface area contributed by atoms with E-state index in [9.17, 15) is 14.4 Å². The number of ether oxygens (including phenoxy) is 3. The molecule has 0 heterocycles. The highest BCUT2D eigenvalue weighted by atomic mass is 16.6. The number of hydrogen-bond donors (Lipinski definition) is 0. The number of unbranched alkanes of at least 4 members (excludes halogenated alkanes) is 52. The second-order valence-corrected chi connectivity index (χ2v) is 24.5. The van der Waals surface area contributed by atoms with Crippen molar-refractivity contribution in [3.05, 3.63) is 24.3 Å². The van der Waals surface area contributed by atoms with Gasteiger partial charge >= 0.3 is 17.9 Å². The molecule has 0 saturated carbocycles. The summed E-state index contributed by atoms with van der Waals surface area (Å²) in [7, 11) is 0. The van der Waals surface area contributed by atoms with Gasteiger partial charge in [-0.1, -0.05) is 340 Å². The monoisotopic (exact) mass is 1110 g/mol. The van der Waals surface area contributed by atoms with Crippen molar-refractivity contribution < 1.29 is 28.6 Å². The molecule has 6 nitrogen and oxygen atoms in total. The average molecular weight is 1110 g/mol. The Labute approximate surface area is 493 Å². The fraction of sp³-hybridized carbons (Fsp3) is 0.904. The van der Waals surface area contributed by atoms with Crippen LogP contribution in [0.15, 0.2) is 24.3 Å². The Bertz CT molecular complexity index is 1270. The molecule has 0 N–H and O–H groups in total. The van der Waals surface area contributed by atoms with Gasteiger partial charge in [-0.15, -0.1) is 0 Å². The first kappa shape index (κ1) is 76.9. The zero-order valence-corrected chi connectivity index (χ0v) is 53.7. The molecule has 0 aliphatic heterocycles. The normalized spacial score (nSPS) is 12.1. The van der Waals surface area contributed by atoms with Crippen LogP contribution in [0.25, 0.3) is 0 Å². The Hall–Kier alpha value is -2.11. The highest BCUT2D eigenvalue weighted by Crippen LogP contribution is 2.19. The van der Waals surface area contributed by atoms with Gasteiger partial charge in [-0.25, -0.2) is 0 Å². The first-order valence-electron chi connectivity index (χ1n) is 35.8. The lowest BCUT2D eigenvalue weighted by atomic mass is 10.0. The minimum atomic E-state index is -0.771. The van der Waals surface area contributed by atoms with E-state index in [0.717, 1.165) is 57.8 Å². The van der Waals surface area contributed by atoms with Crippen LogP contribution in [0, 0.1) is 0 Å². The van der Waals surface area contributed by atoms with E-state index in [1.807, 2.05) is 0 Å². The zero-order valence-electron chi connectivity index (χ0n) is 53.7. The van der Waals surface area contributed by atoms with Crippen molar-refractivity contribution in [2.24, 2.45) is 0 Å². The molecular weight excluding hydrogens is 973 g/mol. The molecule has 0 spiro atoms. The molecule has 1 unspecified atom stereocenters. The molecule has 1 atom stereocenters. The Kier molecular flexibility index (Phi) is 66.6. The molecule has 0 aromatic rings. The maximum Gasteiger partial charge on any atom is 0.306 e. The number of hydrogen-bond acceptors (Lipinski definition) is 6. The Morgan fingerprint density at radius 1 is 0.241 bits per heavy atom. The van der Waals surface area contributed by atoms with Gasteiger partial charge in [0, 0.05) is 19.3 Å². The van der Waals surface area contributed by atoms with E-state index >= 15 is 0 Å². The average Bonchev–Trinajstić information content (AvgIpc) is 3.45. The van der Waals surface area contributed by atoms with Crippen molar-refractivity contribution in [2.75, 3.05) is 13.2 Å². The second-order valence-electron chi connectivity index (χ2n) is 24.5. The number of esters is 3. The van der Waals surface area contributed by atoms with Gasteiger partial charge in [-0.05, 0) is 70.6 Å². The van der Waals surface area contributed by atoms with E-state index < -0.39 is 6.10 Å². The van der Waals surface area contributed by atoms with Crippen molar-refractivity contribution in [1.82, 2.24) is 0 Å². The summed E-state index contributed by atoms with van der Waals surface area (Å²) < 4.78 is 17.0. The van der Waals surface area contributed by atoms with E-state index in [1.54, 1.807) is 0 Å². The van der Waals surface area contributed by atoms with E-state index in [-0.39, 0.29) is 31.1 Å². The van der Waals surface area contributed by atoms with Crippen LogP contribution in [0.1, 0.15) is 406 Å². The molecule has 0 bridgehead atoms. The molecule has 0 fully saturated rings. The summed E-state index contributed by atoms with van der Waals surface area (Å²) in [5.74, 6) is -0.838. The molecule has 466 valence electrons. The fourth-order valence-electron chi connectivity index (χ4n) is 11.0. The lowest BCUT2D eigenvalue weighted by Crippen LogP contribution is -2.30. The third-order valence-electron chi connectivity index (χ3n) is 16.4. The van der Waals surface area contributed by atoms with Gasteiger partial charge in [-0.3, -0.25) is 14.4 Å². The maximum absolute atomic E-state index is 12.9. The van der Waals surface area contributed by atoms with Crippen molar-refractivity contribution in [1.29, 1.82) is 0 Å². The maximum atomic E-state index is 12.9. The largest absolute Gasteiger partial charge is 0.462 e. The predicted octanol–water partition coefficient (Wildman–Crippen LogP) is 24.6. The molecule has 0 aliphatic rings. The summed E-state index contributed by atoms with van der Waals surface area (Å²) in [6, 6.07) is 0. The van der Waals surface area contributed by atoms with Gasteiger partial charge in [0.05, 0.1) is 0 Å². The van der Waals surface area contributed by atoms with Gasteiger partial charge in [0.25, 0.3) is 0 Å². The van der Waals surface area contributed by atoms with E-state index in [4.69, 9.17) is 14.2 Å². The highest BCUT2D eigenvalue weighted by molar-refractivity contribution is 5.71. The van der Waals surface area contributed by atoms with Crippen LogP contribution in [-0.4, -0.2) is 37.2 Å². The van der Waals surface area contributed by atoms with E-state index in [2.05, 4.69) is 45.1 Å². The molecule has 6 heteroatoms. The van der Waals surface area contributed by atoms with Gasteiger partial charge in [0.1, 0.15) is 13.2 Å². The van der Waals surface area contributed by atoms with E-state index in [1.165, 1.54) is 308 Å². The summed E-state index contributed by atoms with van der Waals surface area (Å²) in [5, 5.41) is 0. The topological polar surface area (TPSA) is 78.9 Å². The molecule has 79 heavy (non-hydrogen) atoms. The van der Waals surface area contributed by atoms with Crippen LogP contribution in [-0.2, 0) is 28.6 Å². The number of rotatable bonds is 67. The first-order valence-corrected chi connectivity index (χ1v) is 35.8. The van der Waals surface area contributed by atoms with Crippen molar-refractivity contribution >= 4 is 17.9 Å². The summed E-state index contributed by atoms with van der Waals surface area (Å²) >= 11 is 0. The lowest BCUT2D eigenvalue weighted by Gasteiger charge is -2.18. The molecule has 0 amide bonds. The third kappa shape index (κ3) is 66.6. The molecule has 0 saturated heterocycles. The van der Waals surface area contributed by atoms with Gasteiger partial charge in [-0.2, -0.15) is 0 Å². The SMILES string of the molecule is CCCCCCCC/C=C\CCCCCCCCCC(=O)OC(COC(=O)CCCCCCCCCCCCCCCCC/C=C\CCCCCCCCCC)COC(=O)CCCCCCCCCCCCCCCCCCC. The highest BCUT2D eigenvalue weighted by Gasteiger charge is 2.19. The summed E-state index contributed by atoms with van der Waals surface area (Å²) in [6.07, 6.45) is 83.5. The standard InChI is InChI=1S/C73H138O6/c1-4-7-10-13-16-19-22-25-28-31-32-33-34-35-36-37-38-39-40-43-45-48-51-54-57-60-63-66-72(75)78-69-70(79-73(76)67-64-61-58-55-52-49-46-42-30-27-24-21-18-15-12-9-6-3)68-77-71(74)65-62-59-56-53-50-47-44-41-29-26-23-20-17-14-11-8-5-2/h27,30-32,70H,4-26,28-29,33-69H2,1-3H3/b30-27-,32-31-. The van der Waals surface area contributed by atoms with Crippen LogP contribution < -0.4 is 0 Å². The summed E-state index contributed by atoms with van der Waals surface area (Å²) in [5.41, 5.74) is 0. The molecule has 0 aliphatic carbocycles. The van der Waals surface area contributed by atoms with Crippen LogP contribution in [0.4, 0.5) is 0 Å². The minimum Gasteiger partial charge on any atom is -0.462 e. The molecular formula is C73H138O6. The van der Waals surface area contributed by atoms with Gasteiger partial charge in [0.2, 0.25) is 0 Å². The number of carbonyl (C=O) groups is 3. The van der Waals surface area contributed by atoms with Crippen LogP contribution in [0.2, 0.25) is 0 Å². The van der Waals surface area contributed by atoms with Crippen molar-refractivity contribution in [3.8, 4) is 0 Å². The van der Waals surface area contributed by atoms with Gasteiger partial charge in [0.15, 0.2) is 6.10 Å². The van der Waals surface area contributed by atoms with Gasteiger partial charge < -0.3 is 14.2 Å².